The first-order valence-electron chi connectivity index (χ1n) is 12.0. The van der Waals surface area contributed by atoms with Crippen LogP contribution < -0.4 is 5.32 Å². The zero-order chi connectivity index (χ0) is 25.5. The average molecular weight is 507 g/mol. The lowest BCUT2D eigenvalue weighted by atomic mass is 10.1. The van der Waals surface area contributed by atoms with Crippen LogP contribution in [0, 0.1) is 6.92 Å². The van der Waals surface area contributed by atoms with Crippen molar-refractivity contribution in [2.75, 3.05) is 6.54 Å². The lowest BCUT2D eigenvalue weighted by molar-refractivity contribution is -0.149. The molecule has 0 unspecified atom stereocenters. The van der Waals surface area contributed by atoms with E-state index in [1.807, 2.05) is 67.6 Å². The second-order valence-corrected chi connectivity index (χ2v) is 10.8. The molecule has 1 N–H and O–H groups in total. The number of carbonyl (C=O) groups excluding carboxylic acids is 2. The van der Waals surface area contributed by atoms with Crippen molar-refractivity contribution in [3.8, 4) is 0 Å². The molecule has 1 aliphatic rings. The first kappa shape index (κ1) is 25.6. The summed E-state index contributed by atoms with van der Waals surface area (Å²) in [5.74, 6) is -1.07. The minimum atomic E-state index is -3.85. The van der Waals surface area contributed by atoms with Crippen LogP contribution in [0.1, 0.15) is 29.5 Å². The van der Waals surface area contributed by atoms with Gasteiger partial charge in [0.25, 0.3) is 0 Å². The van der Waals surface area contributed by atoms with Crippen molar-refractivity contribution in [3.05, 3.63) is 102 Å². The lowest BCUT2D eigenvalue weighted by Gasteiger charge is -2.26. The molecule has 4 rings (SSSR count). The van der Waals surface area contributed by atoms with Crippen LogP contribution in [0.15, 0.2) is 89.8 Å². The van der Waals surface area contributed by atoms with Crippen molar-refractivity contribution >= 4 is 21.9 Å². The van der Waals surface area contributed by atoms with Crippen molar-refractivity contribution in [2.45, 2.75) is 49.8 Å². The highest BCUT2D eigenvalue weighted by molar-refractivity contribution is 7.89. The van der Waals surface area contributed by atoms with Crippen LogP contribution in [0.4, 0.5) is 0 Å². The minimum absolute atomic E-state index is 0.0815. The Labute approximate surface area is 212 Å². The molecule has 1 aliphatic heterocycles. The molecule has 1 heterocycles. The zero-order valence-electron chi connectivity index (χ0n) is 20.2. The van der Waals surface area contributed by atoms with Gasteiger partial charge >= 0.3 is 5.97 Å². The number of hydrogen-bond donors (Lipinski definition) is 1. The molecule has 0 aromatic heterocycles. The highest BCUT2D eigenvalue weighted by Crippen LogP contribution is 2.26. The summed E-state index contributed by atoms with van der Waals surface area (Å²) in [5.41, 5.74) is 2.64. The van der Waals surface area contributed by atoms with E-state index in [1.165, 1.54) is 4.31 Å². The Hall–Kier alpha value is -3.49. The molecule has 3 aromatic rings. The van der Waals surface area contributed by atoms with Crippen LogP contribution in [0.5, 0.6) is 0 Å². The number of aryl methyl sites for hydroxylation is 1. The maximum absolute atomic E-state index is 13.3. The van der Waals surface area contributed by atoms with Gasteiger partial charge in [0, 0.05) is 13.0 Å². The third-order valence-electron chi connectivity index (χ3n) is 6.24. The average Bonchev–Trinajstić information content (AvgIpc) is 3.40. The van der Waals surface area contributed by atoms with Crippen molar-refractivity contribution in [1.82, 2.24) is 9.62 Å². The maximum atomic E-state index is 13.3. The largest absolute Gasteiger partial charge is 0.459 e. The number of nitrogens with zero attached hydrogens (tertiary/aromatic N) is 1. The fourth-order valence-electron chi connectivity index (χ4n) is 4.28. The lowest BCUT2D eigenvalue weighted by Crippen LogP contribution is -2.51. The number of carbonyl (C=O) groups is 2. The van der Waals surface area contributed by atoms with E-state index in [0.717, 1.165) is 16.7 Å². The van der Waals surface area contributed by atoms with E-state index in [4.69, 9.17) is 4.74 Å². The van der Waals surface area contributed by atoms with Gasteiger partial charge in [-0.3, -0.25) is 4.79 Å². The molecular formula is C28H30N2O5S. The summed E-state index contributed by atoms with van der Waals surface area (Å²) in [5, 5.41) is 2.79. The summed E-state index contributed by atoms with van der Waals surface area (Å²) < 4.78 is 33.3. The summed E-state index contributed by atoms with van der Waals surface area (Å²) in [4.78, 5) is 26.5. The highest BCUT2D eigenvalue weighted by atomic mass is 32.2. The molecule has 3 aromatic carbocycles. The van der Waals surface area contributed by atoms with Crippen molar-refractivity contribution in [1.29, 1.82) is 0 Å². The number of nitrogens with one attached hydrogen (secondary N) is 1. The number of ether oxygens (including phenoxy) is 1. The van der Waals surface area contributed by atoms with E-state index in [1.54, 1.807) is 24.3 Å². The Kier molecular flexibility index (Phi) is 8.18. The SMILES string of the molecule is Cc1ccc(S(=O)(=O)N2CCC[C@H]2C(=O)N[C@@H](Cc2ccccc2)C(=O)OCc2ccccc2)cc1. The van der Waals surface area contributed by atoms with Crippen LogP contribution in [0.2, 0.25) is 0 Å². The van der Waals surface area contributed by atoms with E-state index in [0.29, 0.717) is 12.8 Å². The number of rotatable bonds is 9. The standard InChI is InChI=1S/C28H30N2O5S/c1-21-14-16-24(17-15-21)36(33,34)30-18-8-13-26(30)27(31)29-25(19-22-9-4-2-5-10-22)28(32)35-20-23-11-6-3-7-12-23/h2-7,9-12,14-17,25-26H,8,13,18-20H2,1H3,(H,29,31)/t25-,26-/m0/s1. The van der Waals surface area contributed by atoms with Crippen LogP contribution >= 0.6 is 0 Å². The Morgan fingerprint density at radius 3 is 2.19 bits per heavy atom. The van der Waals surface area contributed by atoms with Crippen molar-refractivity contribution in [3.63, 3.8) is 0 Å². The molecule has 2 atom stereocenters. The summed E-state index contributed by atoms with van der Waals surface area (Å²) in [6.07, 6.45) is 1.18. The van der Waals surface area contributed by atoms with E-state index in [9.17, 15) is 18.0 Å². The first-order chi connectivity index (χ1) is 17.3. The monoisotopic (exact) mass is 506 g/mol. The Morgan fingerprint density at radius 1 is 0.944 bits per heavy atom. The fourth-order valence-corrected chi connectivity index (χ4v) is 5.93. The predicted molar refractivity (Wildman–Crippen MR) is 136 cm³/mol. The third-order valence-corrected chi connectivity index (χ3v) is 8.16. The zero-order valence-corrected chi connectivity index (χ0v) is 21.0. The van der Waals surface area contributed by atoms with E-state index in [2.05, 4.69) is 5.32 Å². The normalized spacial score (nSPS) is 16.9. The topological polar surface area (TPSA) is 92.8 Å². The fraction of sp³-hybridized carbons (Fsp3) is 0.286. The van der Waals surface area contributed by atoms with E-state index >= 15 is 0 Å². The van der Waals surface area contributed by atoms with Crippen molar-refractivity contribution in [2.24, 2.45) is 0 Å². The van der Waals surface area contributed by atoms with Crippen LogP contribution in [-0.4, -0.2) is 43.2 Å². The number of hydrogen-bond acceptors (Lipinski definition) is 5. The minimum Gasteiger partial charge on any atom is -0.459 e. The quantitative estimate of drug-likeness (QED) is 0.448. The predicted octanol–water partition coefficient (Wildman–Crippen LogP) is 3.62. The van der Waals surface area contributed by atoms with Gasteiger partial charge < -0.3 is 10.1 Å². The number of esters is 1. The van der Waals surface area contributed by atoms with Gasteiger partial charge in [0.15, 0.2) is 0 Å². The molecule has 36 heavy (non-hydrogen) atoms. The Bertz CT molecular complexity index is 1280. The summed E-state index contributed by atoms with van der Waals surface area (Å²) >= 11 is 0. The molecule has 0 radical (unpaired) electrons. The molecule has 1 saturated heterocycles. The van der Waals surface area contributed by atoms with E-state index < -0.39 is 34.0 Å². The smallest absolute Gasteiger partial charge is 0.329 e. The number of amides is 1. The van der Waals surface area contributed by atoms with Crippen LogP contribution in [0.3, 0.4) is 0 Å². The van der Waals surface area contributed by atoms with Gasteiger partial charge in [0.2, 0.25) is 15.9 Å². The van der Waals surface area contributed by atoms with E-state index in [-0.39, 0.29) is 24.5 Å². The Morgan fingerprint density at radius 2 is 1.56 bits per heavy atom. The van der Waals surface area contributed by atoms with Crippen molar-refractivity contribution < 1.29 is 22.7 Å². The van der Waals surface area contributed by atoms with Gasteiger partial charge in [0.1, 0.15) is 18.7 Å². The molecule has 0 aliphatic carbocycles. The summed E-state index contributed by atoms with van der Waals surface area (Å²) in [6, 6.07) is 23.3. The molecule has 0 saturated carbocycles. The van der Waals surface area contributed by atoms with Gasteiger partial charge in [-0.1, -0.05) is 78.4 Å². The van der Waals surface area contributed by atoms with Gasteiger partial charge in [0.05, 0.1) is 4.90 Å². The molecule has 1 fully saturated rings. The van der Waals surface area contributed by atoms with Gasteiger partial charge in [-0.05, 0) is 43.0 Å². The Balaban J connectivity index is 1.50. The molecule has 7 nitrogen and oxygen atoms in total. The first-order valence-corrected chi connectivity index (χ1v) is 13.4. The highest BCUT2D eigenvalue weighted by Gasteiger charge is 2.40. The molecule has 8 heteroatoms. The second-order valence-electron chi connectivity index (χ2n) is 8.93. The molecule has 0 bridgehead atoms. The number of benzene rings is 3. The molecular weight excluding hydrogens is 476 g/mol. The maximum Gasteiger partial charge on any atom is 0.329 e. The molecule has 0 spiro atoms. The second kappa shape index (κ2) is 11.5. The van der Waals surface area contributed by atoms with Crippen LogP contribution in [0.25, 0.3) is 0 Å². The van der Waals surface area contributed by atoms with Crippen LogP contribution in [-0.2, 0) is 37.4 Å². The summed E-state index contributed by atoms with van der Waals surface area (Å²) in [6.45, 7) is 2.21. The van der Waals surface area contributed by atoms with Gasteiger partial charge in [-0.15, -0.1) is 0 Å². The summed E-state index contributed by atoms with van der Waals surface area (Å²) in [7, 11) is -3.85. The molecule has 188 valence electrons. The third kappa shape index (κ3) is 6.19. The number of sulfonamides is 1. The van der Waals surface area contributed by atoms with Gasteiger partial charge in [-0.25, -0.2) is 13.2 Å². The van der Waals surface area contributed by atoms with Gasteiger partial charge in [-0.2, -0.15) is 4.31 Å². The molecule has 1 amide bonds.